The van der Waals surface area contributed by atoms with Crippen molar-refractivity contribution < 1.29 is 9.21 Å². The molecule has 1 N–H and O–H groups in total. The zero-order chi connectivity index (χ0) is 12.3. The van der Waals surface area contributed by atoms with Gasteiger partial charge in [-0.15, -0.1) is 0 Å². The van der Waals surface area contributed by atoms with Crippen molar-refractivity contribution in [2.45, 2.75) is 19.8 Å². The van der Waals surface area contributed by atoms with Crippen LogP contribution in [0.3, 0.4) is 0 Å². The summed E-state index contributed by atoms with van der Waals surface area (Å²) in [4.78, 5) is 11.9. The first kappa shape index (κ1) is 11.9. The number of rotatable bonds is 5. The molecule has 3 heteroatoms. The third-order valence-electron chi connectivity index (χ3n) is 2.78. The monoisotopic (exact) mass is 231 g/mol. The van der Waals surface area contributed by atoms with Crippen molar-refractivity contribution in [3.8, 4) is 0 Å². The highest BCUT2D eigenvalue weighted by Crippen LogP contribution is 2.21. The fourth-order valence-corrected chi connectivity index (χ4v) is 1.85. The molecule has 0 aliphatic carbocycles. The molecule has 0 unspecified atom stereocenters. The van der Waals surface area contributed by atoms with Crippen LogP contribution in [0.25, 0.3) is 11.0 Å². The third-order valence-corrected chi connectivity index (χ3v) is 2.78. The van der Waals surface area contributed by atoms with Crippen molar-refractivity contribution in [3.05, 3.63) is 35.6 Å². The number of nitrogens with one attached hydrogen (secondary N) is 1. The van der Waals surface area contributed by atoms with Gasteiger partial charge >= 0.3 is 0 Å². The van der Waals surface area contributed by atoms with Gasteiger partial charge in [0.15, 0.2) is 11.5 Å². The van der Waals surface area contributed by atoms with E-state index in [0.29, 0.717) is 12.2 Å². The lowest BCUT2D eigenvalue weighted by Gasteiger charge is -1.96. The number of furan rings is 1. The van der Waals surface area contributed by atoms with Gasteiger partial charge in [0.25, 0.3) is 0 Å². The highest BCUT2D eigenvalue weighted by Gasteiger charge is 2.11. The summed E-state index contributed by atoms with van der Waals surface area (Å²) in [6.45, 7) is 2.88. The predicted octanol–water partition coefficient (Wildman–Crippen LogP) is 2.92. The second kappa shape index (κ2) is 5.15. The fraction of sp³-hybridized carbons (Fsp3) is 0.357. The van der Waals surface area contributed by atoms with Gasteiger partial charge < -0.3 is 9.73 Å². The summed E-state index contributed by atoms with van der Waals surface area (Å²) < 4.78 is 5.55. The van der Waals surface area contributed by atoms with E-state index in [9.17, 15) is 4.79 Å². The minimum absolute atomic E-state index is 0.0779. The summed E-state index contributed by atoms with van der Waals surface area (Å²) in [5.74, 6) is 0.552. The molecule has 3 nitrogen and oxygen atoms in total. The third kappa shape index (κ3) is 2.74. The molecule has 0 saturated carbocycles. The van der Waals surface area contributed by atoms with Crippen molar-refractivity contribution in [3.63, 3.8) is 0 Å². The minimum Gasteiger partial charge on any atom is -0.453 e. The lowest BCUT2D eigenvalue weighted by Crippen LogP contribution is -2.09. The van der Waals surface area contributed by atoms with Crippen LogP contribution in [-0.4, -0.2) is 19.4 Å². The minimum atomic E-state index is 0.0779. The maximum Gasteiger partial charge on any atom is 0.198 e. The van der Waals surface area contributed by atoms with Gasteiger partial charge in [0.2, 0.25) is 0 Å². The lowest BCUT2D eigenvalue weighted by atomic mass is 10.1. The normalized spacial score (nSPS) is 10.9. The average Bonchev–Trinajstić information content (AvgIpc) is 2.72. The molecule has 0 radical (unpaired) electrons. The van der Waals surface area contributed by atoms with Crippen LogP contribution in [0.1, 0.15) is 29.0 Å². The molecule has 2 rings (SSSR count). The van der Waals surface area contributed by atoms with Crippen molar-refractivity contribution >= 4 is 16.8 Å². The van der Waals surface area contributed by atoms with E-state index in [4.69, 9.17) is 4.42 Å². The molecule has 0 aliphatic rings. The predicted molar refractivity (Wildman–Crippen MR) is 68.4 cm³/mol. The van der Waals surface area contributed by atoms with Gasteiger partial charge in [0, 0.05) is 11.8 Å². The Kier molecular flexibility index (Phi) is 3.59. The first-order chi connectivity index (χ1) is 8.20. The number of Topliss-reactive ketones (excluding diaryl/α,β-unsaturated/α-hetero) is 1. The first-order valence-electron chi connectivity index (χ1n) is 5.88. The van der Waals surface area contributed by atoms with Crippen LogP contribution in [0.4, 0.5) is 0 Å². The standard InChI is InChI=1S/C14H17NO2/c1-10-5-6-13-11(8-10)9-14(17-13)12(16)4-3-7-15-2/h5-6,8-9,15H,3-4,7H2,1-2H3. The lowest BCUT2D eigenvalue weighted by molar-refractivity contribution is 0.0955. The Morgan fingerprint density at radius 1 is 1.35 bits per heavy atom. The number of benzene rings is 1. The van der Waals surface area contributed by atoms with Crippen LogP contribution >= 0.6 is 0 Å². The number of carbonyl (C=O) groups excluding carboxylic acids is 1. The molecule has 1 aromatic heterocycles. The van der Waals surface area contributed by atoms with Gasteiger partial charge in [0.05, 0.1) is 0 Å². The number of hydrogen-bond acceptors (Lipinski definition) is 3. The zero-order valence-electron chi connectivity index (χ0n) is 10.2. The molecule has 1 heterocycles. The van der Waals surface area contributed by atoms with E-state index in [1.54, 1.807) is 0 Å². The van der Waals surface area contributed by atoms with Gasteiger partial charge in [-0.25, -0.2) is 0 Å². The Morgan fingerprint density at radius 2 is 2.18 bits per heavy atom. The maximum absolute atomic E-state index is 11.9. The van der Waals surface area contributed by atoms with Crippen LogP contribution < -0.4 is 5.32 Å². The van der Waals surface area contributed by atoms with E-state index in [-0.39, 0.29) is 5.78 Å². The number of carbonyl (C=O) groups is 1. The molecule has 0 saturated heterocycles. The Labute approximate surface area is 101 Å². The summed E-state index contributed by atoms with van der Waals surface area (Å²) in [6.07, 6.45) is 1.37. The molecular weight excluding hydrogens is 214 g/mol. The Balaban J connectivity index is 2.15. The number of fused-ring (bicyclic) bond motifs is 1. The van der Waals surface area contributed by atoms with Gasteiger partial charge in [-0.2, -0.15) is 0 Å². The Hall–Kier alpha value is -1.61. The largest absolute Gasteiger partial charge is 0.453 e. The molecule has 90 valence electrons. The molecule has 0 amide bonds. The summed E-state index contributed by atoms with van der Waals surface area (Å²) in [7, 11) is 1.88. The molecule has 0 spiro atoms. The summed E-state index contributed by atoms with van der Waals surface area (Å²) in [5.41, 5.74) is 1.96. The first-order valence-corrected chi connectivity index (χ1v) is 5.88. The summed E-state index contributed by atoms with van der Waals surface area (Å²) in [5, 5.41) is 4.03. The SMILES string of the molecule is CNCCCC(=O)c1cc2cc(C)ccc2o1. The van der Waals surface area contributed by atoms with Crippen molar-refractivity contribution in [1.82, 2.24) is 5.32 Å². The summed E-state index contributed by atoms with van der Waals surface area (Å²) >= 11 is 0. The Bertz CT molecular complexity index is 528. The molecule has 0 atom stereocenters. The fourth-order valence-electron chi connectivity index (χ4n) is 1.85. The maximum atomic E-state index is 11.9. The molecule has 2 aromatic rings. The topological polar surface area (TPSA) is 42.2 Å². The molecule has 0 aliphatic heterocycles. The van der Waals surface area contributed by atoms with E-state index in [2.05, 4.69) is 5.32 Å². The van der Waals surface area contributed by atoms with E-state index in [0.717, 1.165) is 23.9 Å². The average molecular weight is 231 g/mol. The van der Waals surface area contributed by atoms with E-state index < -0.39 is 0 Å². The van der Waals surface area contributed by atoms with Crippen LogP contribution in [0.2, 0.25) is 0 Å². The number of ketones is 1. The highest BCUT2D eigenvalue weighted by atomic mass is 16.3. The second-order valence-electron chi connectivity index (χ2n) is 4.28. The molecule has 0 fully saturated rings. The molecular formula is C14H17NO2. The van der Waals surface area contributed by atoms with Crippen LogP contribution in [0.5, 0.6) is 0 Å². The van der Waals surface area contributed by atoms with Gasteiger partial charge in [-0.1, -0.05) is 11.6 Å². The van der Waals surface area contributed by atoms with Crippen molar-refractivity contribution in [2.75, 3.05) is 13.6 Å². The smallest absolute Gasteiger partial charge is 0.198 e. The zero-order valence-corrected chi connectivity index (χ0v) is 10.2. The van der Waals surface area contributed by atoms with E-state index in [1.807, 2.05) is 38.2 Å². The number of hydrogen-bond donors (Lipinski definition) is 1. The number of aryl methyl sites for hydroxylation is 1. The molecule has 0 bridgehead atoms. The second-order valence-corrected chi connectivity index (χ2v) is 4.28. The van der Waals surface area contributed by atoms with Crippen LogP contribution in [0.15, 0.2) is 28.7 Å². The quantitative estimate of drug-likeness (QED) is 0.635. The molecule has 1 aromatic carbocycles. The van der Waals surface area contributed by atoms with Gasteiger partial charge in [0.1, 0.15) is 5.58 Å². The Morgan fingerprint density at radius 3 is 2.94 bits per heavy atom. The van der Waals surface area contributed by atoms with E-state index in [1.165, 1.54) is 5.56 Å². The highest BCUT2D eigenvalue weighted by molar-refractivity contribution is 5.97. The van der Waals surface area contributed by atoms with Gasteiger partial charge in [-0.05, 0) is 45.1 Å². The molecule has 17 heavy (non-hydrogen) atoms. The van der Waals surface area contributed by atoms with Gasteiger partial charge in [-0.3, -0.25) is 4.79 Å². The van der Waals surface area contributed by atoms with E-state index >= 15 is 0 Å². The van der Waals surface area contributed by atoms with Crippen molar-refractivity contribution in [1.29, 1.82) is 0 Å². The van der Waals surface area contributed by atoms with Crippen LogP contribution in [0, 0.1) is 6.92 Å². The summed E-state index contributed by atoms with van der Waals surface area (Å²) in [6, 6.07) is 7.77. The van der Waals surface area contributed by atoms with Crippen molar-refractivity contribution in [2.24, 2.45) is 0 Å². The van der Waals surface area contributed by atoms with Crippen LogP contribution in [-0.2, 0) is 0 Å².